The van der Waals surface area contributed by atoms with Crippen molar-refractivity contribution in [1.82, 2.24) is 5.32 Å². The highest BCUT2D eigenvalue weighted by Gasteiger charge is 2.19. The molecule has 0 saturated carbocycles. The first-order chi connectivity index (χ1) is 10.2. The predicted octanol–water partition coefficient (Wildman–Crippen LogP) is 1.85. The number of carbonyl (C=O) groups is 1. The second-order valence-corrected chi connectivity index (χ2v) is 5.36. The Morgan fingerprint density at radius 2 is 2.00 bits per heavy atom. The van der Waals surface area contributed by atoms with Gasteiger partial charge in [0.25, 0.3) is 0 Å². The second-order valence-electron chi connectivity index (χ2n) is 4.95. The minimum atomic E-state index is -0.114. The van der Waals surface area contributed by atoms with Crippen molar-refractivity contribution in [2.75, 3.05) is 38.3 Å². The number of hydrogen-bond acceptors (Lipinski definition) is 5. The van der Waals surface area contributed by atoms with E-state index in [-0.39, 0.29) is 24.4 Å². The summed E-state index contributed by atoms with van der Waals surface area (Å²) in [6.07, 6.45) is 0.338. The molecule has 1 saturated heterocycles. The average Bonchev–Trinajstić information content (AvgIpc) is 2.49. The van der Waals surface area contributed by atoms with Crippen LogP contribution in [0.1, 0.15) is 6.42 Å². The number of rotatable bonds is 3. The van der Waals surface area contributed by atoms with Gasteiger partial charge in [0.2, 0.25) is 5.91 Å². The third kappa shape index (κ3) is 4.16. The molecule has 2 aliphatic heterocycles. The molecule has 0 radical (unpaired) electrons. The Bertz CT molecular complexity index is 536. The van der Waals surface area contributed by atoms with Gasteiger partial charge in [0, 0.05) is 31.1 Å². The third-order valence-corrected chi connectivity index (χ3v) is 3.65. The molecule has 6 nitrogen and oxygen atoms in total. The summed E-state index contributed by atoms with van der Waals surface area (Å²) in [6, 6.07) is 3.39. The van der Waals surface area contributed by atoms with Crippen LogP contribution in [-0.2, 0) is 9.53 Å². The molecule has 1 aromatic rings. The summed E-state index contributed by atoms with van der Waals surface area (Å²) < 4.78 is 16.2. The van der Waals surface area contributed by atoms with E-state index in [2.05, 4.69) is 10.6 Å². The molecule has 2 aliphatic rings. The van der Waals surface area contributed by atoms with Gasteiger partial charge in [-0.15, -0.1) is 12.4 Å². The van der Waals surface area contributed by atoms with Crippen molar-refractivity contribution in [1.29, 1.82) is 0 Å². The van der Waals surface area contributed by atoms with Crippen LogP contribution >= 0.6 is 24.0 Å². The molecule has 0 bridgehead atoms. The number of amides is 1. The largest absolute Gasteiger partial charge is 0.486 e. The number of morpholine rings is 1. The van der Waals surface area contributed by atoms with Gasteiger partial charge in [0.1, 0.15) is 13.2 Å². The van der Waals surface area contributed by atoms with Gasteiger partial charge < -0.3 is 24.8 Å². The fourth-order valence-corrected chi connectivity index (χ4v) is 2.54. The van der Waals surface area contributed by atoms with Crippen molar-refractivity contribution in [3.63, 3.8) is 0 Å². The first-order valence-corrected chi connectivity index (χ1v) is 7.30. The number of anilines is 1. The van der Waals surface area contributed by atoms with Crippen LogP contribution in [-0.4, -0.2) is 44.9 Å². The van der Waals surface area contributed by atoms with Gasteiger partial charge in [-0.05, 0) is 0 Å². The number of benzene rings is 1. The van der Waals surface area contributed by atoms with Crippen LogP contribution < -0.4 is 20.1 Å². The van der Waals surface area contributed by atoms with Crippen LogP contribution in [0.25, 0.3) is 0 Å². The van der Waals surface area contributed by atoms with Gasteiger partial charge in [0.05, 0.1) is 23.9 Å². The maximum absolute atomic E-state index is 12.1. The Labute approximate surface area is 139 Å². The van der Waals surface area contributed by atoms with Gasteiger partial charge in [-0.25, -0.2) is 0 Å². The summed E-state index contributed by atoms with van der Waals surface area (Å²) in [7, 11) is 0. The normalized spacial score (nSPS) is 20.0. The van der Waals surface area contributed by atoms with Crippen molar-refractivity contribution in [3.05, 3.63) is 17.2 Å². The zero-order valence-corrected chi connectivity index (χ0v) is 13.5. The van der Waals surface area contributed by atoms with Crippen LogP contribution in [0.5, 0.6) is 11.5 Å². The Balaban J connectivity index is 0.00000176. The molecule has 1 unspecified atom stereocenters. The second kappa shape index (κ2) is 7.87. The summed E-state index contributed by atoms with van der Waals surface area (Å²) in [6.45, 7) is 2.99. The van der Waals surface area contributed by atoms with Crippen LogP contribution in [0.4, 0.5) is 5.69 Å². The minimum Gasteiger partial charge on any atom is -0.486 e. The fraction of sp³-hybridized carbons (Fsp3) is 0.500. The van der Waals surface area contributed by atoms with E-state index in [1.807, 2.05) is 0 Å². The molecule has 22 heavy (non-hydrogen) atoms. The lowest BCUT2D eigenvalue weighted by Crippen LogP contribution is -2.43. The average molecular weight is 349 g/mol. The quantitative estimate of drug-likeness (QED) is 0.872. The van der Waals surface area contributed by atoms with E-state index < -0.39 is 0 Å². The molecular formula is C14H18Cl2N2O4. The van der Waals surface area contributed by atoms with E-state index in [0.29, 0.717) is 55.1 Å². The molecular weight excluding hydrogens is 331 g/mol. The van der Waals surface area contributed by atoms with Crippen LogP contribution in [0.2, 0.25) is 5.02 Å². The van der Waals surface area contributed by atoms with E-state index in [4.69, 9.17) is 25.8 Å². The highest BCUT2D eigenvalue weighted by molar-refractivity contribution is 6.34. The number of fused-ring (bicyclic) bond motifs is 1. The molecule has 3 rings (SSSR count). The summed E-state index contributed by atoms with van der Waals surface area (Å²) in [5.74, 6) is 1.09. The molecule has 2 heterocycles. The predicted molar refractivity (Wildman–Crippen MR) is 85.5 cm³/mol. The summed E-state index contributed by atoms with van der Waals surface area (Å²) in [5.41, 5.74) is 0.530. The molecule has 8 heteroatoms. The van der Waals surface area contributed by atoms with E-state index >= 15 is 0 Å². The minimum absolute atomic E-state index is 0. The molecule has 0 aromatic heterocycles. The van der Waals surface area contributed by atoms with Crippen LogP contribution in [0.15, 0.2) is 12.1 Å². The van der Waals surface area contributed by atoms with Gasteiger partial charge >= 0.3 is 0 Å². The molecule has 122 valence electrons. The Morgan fingerprint density at radius 1 is 1.27 bits per heavy atom. The highest BCUT2D eigenvalue weighted by Crippen LogP contribution is 2.37. The highest BCUT2D eigenvalue weighted by atomic mass is 35.5. The summed E-state index contributed by atoms with van der Waals surface area (Å²) >= 11 is 6.16. The maximum Gasteiger partial charge on any atom is 0.226 e. The molecule has 1 fully saturated rings. The lowest BCUT2D eigenvalue weighted by Gasteiger charge is -2.23. The molecule has 2 N–H and O–H groups in total. The van der Waals surface area contributed by atoms with Gasteiger partial charge in [-0.3, -0.25) is 4.79 Å². The number of halogens is 2. The van der Waals surface area contributed by atoms with E-state index in [0.717, 1.165) is 6.54 Å². The molecule has 1 atom stereocenters. The van der Waals surface area contributed by atoms with Crippen molar-refractivity contribution in [2.45, 2.75) is 12.5 Å². The monoisotopic (exact) mass is 348 g/mol. The third-order valence-electron chi connectivity index (χ3n) is 3.34. The van der Waals surface area contributed by atoms with Gasteiger partial charge in [-0.1, -0.05) is 11.6 Å². The standard InChI is InChI=1S/C14H17ClN2O4.ClH/c15-10-6-12-13(21-4-3-20-12)7-11(10)17-14(18)5-9-8-19-2-1-16-9;/h6-7,9,16H,1-5,8H2,(H,17,18);1H. The number of carbonyl (C=O) groups excluding carboxylic acids is 1. The Kier molecular flexibility index (Phi) is 6.14. The van der Waals surface area contributed by atoms with Crippen LogP contribution in [0, 0.1) is 0 Å². The van der Waals surface area contributed by atoms with Crippen LogP contribution in [0.3, 0.4) is 0 Å². The summed E-state index contributed by atoms with van der Waals surface area (Å²) in [5, 5.41) is 6.47. The SMILES string of the molecule is Cl.O=C(CC1COCCN1)Nc1cc2c(cc1Cl)OCCO2. The molecule has 0 spiro atoms. The number of ether oxygens (including phenoxy) is 3. The lowest BCUT2D eigenvalue weighted by molar-refractivity contribution is -0.117. The topological polar surface area (TPSA) is 68.8 Å². The van der Waals surface area contributed by atoms with E-state index in [1.54, 1.807) is 12.1 Å². The molecule has 1 amide bonds. The first-order valence-electron chi connectivity index (χ1n) is 6.92. The van der Waals surface area contributed by atoms with Crippen molar-refractivity contribution in [2.24, 2.45) is 0 Å². The van der Waals surface area contributed by atoms with Crippen molar-refractivity contribution >= 4 is 35.6 Å². The van der Waals surface area contributed by atoms with E-state index in [9.17, 15) is 4.79 Å². The van der Waals surface area contributed by atoms with Gasteiger partial charge in [0.15, 0.2) is 11.5 Å². The molecule has 1 aromatic carbocycles. The Hall–Kier alpha value is -1.21. The first kappa shape index (κ1) is 17.1. The van der Waals surface area contributed by atoms with Gasteiger partial charge in [-0.2, -0.15) is 0 Å². The van der Waals surface area contributed by atoms with Crippen molar-refractivity contribution in [3.8, 4) is 11.5 Å². The smallest absolute Gasteiger partial charge is 0.226 e. The zero-order valence-electron chi connectivity index (χ0n) is 11.9. The molecule has 0 aliphatic carbocycles. The maximum atomic E-state index is 12.1. The zero-order chi connectivity index (χ0) is 14.7. The fourth-order valence-electron chi connectivity index (χ4n) is 2.34. The number of hydrogen-bond donors (Lipinski definition) is 2. The number of nitrogens with one attached hydrogen (secondary N) is 2. The van der Waals surface area contributed by atoms with Crippen molar-refractivity contribution < 1.29 is 19.0 Å². The lowest BCUT2D eigenvalue weighted by atomic mass is 10.2. The Morgan fingerprint density at radius 3 is 2.68 bits per heavy atom. The summed E-state index contributed by atoms with van der Waals surface area (Å²) in [4.78, 5) is 12.1. The van der Waals surface area contributed by atoms with E-state index in [1.165, 1.54) is 0 Å².